The van der Waals surface area contributed by atoms with Gasteiger partial charge in [-0.25, -0.2) is 14.8 Å². The quantitative estimate of drug-likeness (QED) is 0.270. The fourth-order valence-corrected chi connectivity index (χ4v) is 5.56. The summed E-state index contributed by atoms with van der Waals surface area (Å²) in [6.45, 7) is 7.78. The monoisotopic (exact) mass is 578 g/mol. The van der Waals surface area contributed by atoms with E-state index in [1.54, 1.807) is 31.0 Å². The lowest BCUT2D eigenvalue weighted by Crippen LogP contribution is -2.57. The molecule has 1 fully saturated rings. The third-order valence-corrected chi connectivity index (χ3v) is 7.41. The number of furan rings is 1. The number of carbonyl (C=O) groups excluding carboxylic acids is 1. The molecule has 40 heavy (non-hydrogen) atoms. The van der Waals surface area contributed by atoms with Crippen molar-refractivity contribution in [1.29, 1.82) is 0 Å². The SMILES string of the molecule is CC[C@@H]1CC(N(Cc2cc(Cl)cc(C(F)(F)F)c2)c2ncc(-c3ccoc3)cn2)C[C@H](CC)N1C(=O)OC(C)C. The predicted molar refractivity (Wildman–Crippen MR) is 147 cm³/mol. The van der Waals surface area contributed by atoms with Crippen molar-refractivity contribution in [3.63, 3.8) is 0 Å². The second kappa shape index (κ2) is 12.5. The fourth-order valence-electron chi connectivity index (χ4n) is 5.30. The fraction of sp³-hybridized carbons (Fsp3) is 0.483. The van der Waals surface area contributed by atoms with E-state index in [1.165, 1.54) is 6.07 Å². The van der Waals surface area contributed by atoms with E-state index in [0.29, 0.717) is 37.2 Å². The van der Waals surface area contributed by atoms with E-state index in [2.05, 4.69) is 9.97 Å². The molecular formula is C29H34ClF3N4O3. The van der Waals surface area contributed by atoms with Crippen LogP contribution in [0.1, 0.15) is 64.5 Å². The summed E-state index contributed by atoms with van der Waals surface area (Å²) in [5, 5.41) is 0.00474. The van der Waals surface area contributed by atoms with Gasteiger partial charge in [0.15, 0.2) is 0 Å². The molecule has 11 heteroatoms. The van der Waals surface area contributed by atoms with Crippen LogP contribution in [0.3, 0.4) is 0 Å². The van der Waals surface area contributed by atoms with Gasteiger partial charge >= 0.3 is 12.3 Å². The van der Waals surface area contributed by atoms with Gasteiger partial charge in [-0.2, -0.15) is 13.2 Å². The molecule has 1 aliphatic rings. The largest absolute Gasteiger partial charge is 0.472 e. The Morgan fingerprint density at radius 2 is 1.77 bits per heavy atom. The number of benzene rings is 1. The van der Waals surface area contributed by atoms with E-state index in [4.69, 9.17) is 20.8 Å². The predicted octanol–water partition coefficient (Wildman–Crippen LogP) is 7.98. The summed E-state index contributed by atoms with van der Waals surface area (Å²) in [5.41, 5.74) is 1.15. The number of anilines is 1. The lowest BCUT2D eigenvalue weighted by molar-refractivity contribution is -0.137. The zero-order valence-corrected chi connectivity index (χ0v) is 23.7. The Morgan fingerprint density at radius 1 is 1.12 bits per heavy atom. The number of carbonyl (C=O) groups is 1. The third-order valence-electron chi connectivity index (χ3n) is 7.19. The normalized spacial score (nSPS) is 19.6. The number of halogens is 4. The van der Waals surface area contributed by atoms with Crippen LogP contribution in [-0.2, 0) is 17.5 Å². The number of ether oxygens (including phenoxy) is 1. The Balaban J connectivity index is 1.70. The zero-order chi connectivity index (χ0) is 29.0. The number of amides is 1. The standard InChI is InChI=1S/C29H34ClF3N4O3/c1-5-24-12-26(13-25(6-2)37(24)28(38)40-18(3)4)36(16-19-9-22(29(31,32)33)11-23(30)10-19)27-34-14-21(15-35-27)20-7-8-39-17-20/h7-11,14-15,17-18,24-26H,5-6,12-13,16H2,1-4H3/t24-,25+,26?. The van der Waals surface area contributed by atoms with Crippen LogP contribution in [-0.4, -0.2) is 45.2 Å². The molecule has 1 aromatic carbocycles. The molecule has 0 saturated carbocycles. The van der Waals surface area contributed by atoms with Gasteiger partial charge in [0.25, 0.3) is 0 Å². The molecule has 1 unspecified atom stereocenters. The average Bonchev–Trinajstić information content (AvgIpc) is 3.45. The molecule has 3 aromatic rings. The number of nitrogens with zero attached hydrogens (tertiary/aromatic N) is 4. The van der Waals surface area contributed by atoms with Crippen molar-refractivity contribution < 1.29 is 27.1 Å². The van der Waals surface area contributed by atoms with Crippen LogP contribution in [0.15, 0.2) is 53.6 Å². The summed E-state index contributed by atoms with van der Waals surface area (Å²) < 4.78 is 51.5. The van der Waals surface area contributed by atoms with Gasteiger partial charge < -0.3 is 19.0 Å². The minimum Gasteiger partial charge on any atom is -0.472 e. The molecule has 0 aliphatic carbocycles. The van der Waals surface area contributed by atoms with Gasteiger partial charge in [-0.3, -0.25) is 0 Å². The Hall–Kier alpha value is -3.27. The van der Waals surface area contributed by atoms with Gasteiger partial charge in [-0.15, -0.1) is 0 Å². The molecule has 0 N–H and O–H groups in total. The molecule has 1 amide bonds. The summed E-state index contributed by atoms with van der Waals surface area (Å²) in [6.07, 6.45) is 3.92. The molecular weight excluding hydrogens is 545 g/mol. The van der Waals surface area contributed by atoms with Gasteiger partial charge in [0, 0.05) is 53.2 Å². The van der Waals surface area contributed by atoms with Gasteiger partial charge in [0.05, 0.1) is 24.2 Å². The van der Waals surface area contributed by atoms with Crippen molar-refractivity contribution in [3.8, 4) is 11.1 Å². The van der Waals surface area contributed by atoms with Crippen molar-refractivity contribution >= 4 is 23.6 Å². The summed E-state index contributed by atoms with van der Waals surface area (Å²) in [4.78, 5) is 26.0. The van der Waals surface area contributed by atoms with Crippen LogP contribution in [0.2, 0.25) is 5.02 Å². The first-order valence-electron chi connectivity index (χ1n) is 13.5. The van der Waals surface area contributed by atoms with Gasteiger partial charge in [-0.05, 0) is 69.4 Å². The molecule has 0 spiro atoms. The van der Waals surface area contributed by atoms with Crippen LogP contribution in [0.4, 0.5) is 23.9 Å². The number of alkyl halides is 3. The Kier molecular flexibility index (Phi) is 9.28. The first-order valence-corrected chi connectivity index (χ1v) is 13.8. The first-order chi connectivity index (χ1) is 19.0. The molecule has 1 aliphatic heterocycles. The highest BCUT2D eigenvalue weighted by Crippen LogP contribution is 2.36. The third kappa shape index (κ3) is 6.89. The zero-order valence-electron chi connectivity index (χ0n) is 23.0. The van der Waals surface area contributed by atoms with E-state index in [9.17, 15) is 18.0 Å². The van der Waals surface area contributed by atoms with Gasteiger partial charge in [0.1, 0.15) is 0 Å². The highest BCUT2D eigenvalue weighted by Gasteiger charge is 2.41. The second-order valence-electron chi connectivity index (χ2n) is 10.3. The Bertz CT molecular complexity index is 1250. The van der Waals surface area contributed by atoms with E-state index in [0.717, 1.165) is 23.3 Å². The van der Waals surface area contributed by atoms with E-state index >= 15 is 0 Å². The van der Waals surface area contributed by atoms with Crippen LogP contribution >= 0.6 is 11.6 Å². The minimum absolute atomic E-state index is 0.00474. The molecule has 3 atom stereocenters. The number of piperidine rings is 1. The van der Waals surface area contributed by atoms with Crippen LogP contribution < -0.4 is 4.90 Å². The summed E-state index contributed by atoms with van der Waals surface area (Å²) in [7, 11) is 0. The maximum Gasteiger partial charge on any atom is 0.416 e. The highest BCUT2D eigenvalue weighted by atomic mass is 35.5. The molecule has 4 rings (SSSR count). The van der Waals surface area contributed by atoms with Crippen LogP contribution in [0.5, 0.6) is 0 Å². The number of aromatic nitrogens is 2. The van der Waals surface area contributed by atoms with Crippen molar-refractivity contribution in [2.75, 3.05) is 4.90 Å². The van der Waals surface area contributed by atoms with Crippen molar-refractivity contribution in [2.45, 2.75) is 90.3 Å². The molecule has 7 nitrogen and oxygen atoms in total. The molecule has 2 aromatic heterocycles. The van der Waals surface area contributed by atoms with Crippen LogP contribution in [0, 0.1) is 0 Å². The highest BCUT2D eigenvalue weighted by molar-refractivity contribution is 6.30. The van der Waals surface area contributed by atoms with Gasteiger partial charge in [-0.1, -0.05) is 25.4 Å². The Labute approximate surface area is 237 Å². The van der Waals surface area contributed by atoms with Gasteiger partial charge in [0.2, 0.25) is 5.95 Å². The average molecular weight is 579 g/mol. The first kappa shape index (κ1) is 29.7. The minimum atomic E-state index is -4.53. The van der Waals surface area contributed by atoms with E-state index in [-0.39, 0.29) is 41.9 Å². The summed E-state index contributed by atoms with van der Waals surface area (Å²) in [5.74, 6) is 0.383. The van der Waals surface area contributed by atoms with Crippen molar-refractivity contribution in [1.82, 2.24) is 14.9 Å². The Morgan fingerprint density at radius 3 is 2.30 bits per heavy atom. The summed E-state index contributed by atoms with van der Waals surface area (Å²) >= 11 is 6.12. The van der Waals surface area contributed by atoms with E-state index in [1.807, 2.05) is 37.5 Å². The van der Waals surface area contributed by atoms with Crippen molar-refractivity contribution in [2.24, 2.45) is 0 Å². The number of hydrogen-bond acceptors (Lipinski definition) is 6. The number of hydrogen-bond donors (Lipinski definition) is 0. The maximum absolute atomic E-state index is 13.6. The molecule has 216 valence electrons. The molecule has 1 saturated heterocycles. The smallest absolute Gasteiger partial charge is 0.416 e. The molecule has 0 radical (unpaired) electrons. The lowest BCUT2D eigenvalue weighted by Gasteiger charge is -2.47. The van der Waals surface area contributed by atoms with Crippen molar-refractivity contribution in [3.05, 3.63) is 65.3 Å². The molecule has 3 heterocycles. The maximum atomic E-state index is 13.6. The summed E-state index contributed by atoms with van der Waals surface area (Å²) in [6, 6.07) is 4.98. The second-order valence-corrected chi connectivity index (χ2v) is 10.8. The number of likely N-dealkylation sites (tertiary alicyclic amines) is 1. The number of rotatable bonds is 8. The van der Waals surface area contributed by atoms with E-state index < -0.39 is 11.7 Å². The molecule has 0 bridgehead atoms. The lowest BCUT2D eigenvalue weighted by atomic mass is 9.87. The topological polar surface area (TPSA) is 71.7 Å². The van der Waals surface area contributed by atoms with Crippen LogP contribution in [0.25, 0.3) is 11.1 Å².